The van der Waals surface area contributed by atoms with Crippen molar-refractivity contribution in [3.63, 3.8) is 0 Å². The Morgan fingerprint density at radius 2 is 2.21 bits per heavy atom. The van der Waals surface area contributed by atoms with Crippen LogP contribution < -0.4 is 5.73 Å². The fraction of sp³-hybridized carbons (Fsp3) is 0.333. The number of hydrogen-bond acceptors (Lipinski definition) is 3. The number of halogens is 1. The van der Waals surface area contributed by atoms with E-state index in [0.717, 1.165) is 0 Å². The summed E-state index contributed by atoms with van der Waals surface area (Å²) in [5.41, 5.74) is 6.21. The molecule has 0 fully saturated rings. The van der Waals surface area contributed by atoms with Crippen LogP contribution >= 0.6 is 11.6 Å². The molecule has 2 N–H and O–H groups in total. The molecule has 1 unspecified atom stereocenters. The molecule has 1 aliphatic rings. The molecule has 1 aromatic carbocycles. The summed E-state index contributed by atoms with van der Waals surface area (Å²) in [6, 6.07) is 4.94. The minimum atomic E-state index is -3.15. The third-order valence-corrected chi connectivity index (χ3v) is 4.66. The standard InChI is InChI=1S/C9H10ClNO2S/c10-7-2-1-3-8-9(7)6(4-11)5-14(8,12)13/h1-3,6H,4-5,11H2. The Labute approximate surface area is 87.8 Å². The first-order chi connectivity index (χ1) is 6.56. The topological polar surface area (TPSA) is 60.2 Å². The number of fused-ring (bicyclic) bond motifs is 1. The highest BCUT2D eigenvalue weighted by atomic mass is 35.5. The fourth-order valence-corrected chi connectivity index (χ4v) is 4.10. The van der Waals surface area contributed by atoms with Gasteiger partial charge in [-0.15, -0.1) is 0 Å². The molecular formula is C9H10ClNO2S. The van der Waals surface area contributed by atoms with Gasteiger partial charge in [0.15, 0.2) is 9.84 Å². The van der Waals surface area contributed by atoms with E-state index in [1.807, 2.05) is 0 Å². The molecule has 3 nitrogen and oxygen atoms in total. The van der Waals surface area contributed by atoms with Gasteiger partial charge in [-0.05, 0) is 17.7 Å². The van der Waals surface area contributed by atoms with Crippen molar-refractivity contribution in [2.45, 2.75) is 10.8 Å². The smallest absolute Gasteiger partial charge is 0.179 e. The SMILES string of the molecule is NCC1CS(=O)(=O)c2cccc(Cl)c21. The summed E-state index contributed by atoms with van der Waals surface area (Å²) in [5, 5.41) is 0.499. The third-order valence-electron chi connectivity index (χ3n) is 2.46. The molecule has 0 bridgehead atoms. The summed E-state index contributed by atoms with van der Waals surface area (Å²) in [4.78, 5) is 0.348. The molecule has 76 valence electrons. The molecule has 0 amide bonds. The second-order valence-corrected chi connectivity index (χ2v) is 5.78. The van der Waals surface area contributed by atoms with E-state index in [1.54, 1.807) is 18.2 Å². The molecule has 0 saturated heterocycles. The van der Waals surface area contributed by atoms with Crippen LogP contribution in [-0.4, -0.2) is 20.7 Å². The average Bonchev–Trinajstić information content (AvgIpc) is 2.40. The van der Waals surface area contributed by atoms with Crippen molar-refractivity contribution in [3.05, 3.63) is 28.8 Å². The zero-order valence-electron chi connectivity index (χ0n) is 7.40. The van der Waals surface area contributed by atoms with Crippen LogP contribution in [0.4, 0.5) is 0 Å². The van der Waals surface area contributed by atoms with Crippen LogP contribution in [0.1, 0.15) is 11.5 Å². The molecule has 1 aliphatic heterocycles. The van der Waals surface area contributed by atoms with Crippen molar-refractivity contribution in [1.29, 1.82) is 0 Å². The maximum atomic E-state index is 11.7. The van der Waals surface area contributed by atoms with Gasteiger partial charge < -0.3 is 5.73 Å². The van der Waals surface area contributed by atoms with E-state index in [-0.39, 0.29) is 11.7 Å². The minimum absolute atomic E-state index is 0.0859. The number of hydrogen-bond donors (Lipinski definition) is 1. The Morgan fingerprint density at radius 3 is 2.86 bits per heavy atom. The first-order valence-electron chi connectivity index (χ1n) is 4.27. The van der Waals surface area contributed by atoms with E-state index in [1.165, 1.54) is 0 Å². The van der Waals surface area contributed by atoms with Gasteiger partial charge in [0, 0.05) is 17.5 Å². The van der Waals surface area contributed by atoms with Gasteiger partial charge in [0.05, 0.1) is 10.6 Å². The Kier molecular flexibility index (Phi) is 2.29. The first kappa shape index (κ1) is 9.96. The molecule has 1 aromatic rings. The van der Waals surface area contributed by atoms with Crippen LogP contribution in [-0.2, 0) is 9.84 Å². The van der Waals surface area contributed by atoms with E-state index in [0.29, 0.717) is 22.0 Å². The Hall–Kier alpha value is -0.580. The number of rotatable bonds is 1. The number of benzene rings is 1. The summed E-state index contributed by atoms with van der Waals surface area (Å²) < 4.78 is 23.3. The van der Waals surface area contributed by atoms with Gasteiger partial charge in [0.25, 0.3) is 0 Å². The lowest BCUT2D eigenvalue weighted by Gasteiger charge is -2.07. The van der Waals surface area contributed by atoms with Crippen LogP contribution in [0.25, 0.3) is 0 Å². The quantitative estimate of drug-likeness (QED) is 0.789. The molecule has 0 aliphatic carbocycles. The van der Waals surface area contributed by atoms with Gasteiger partial charge in [-0.25, -0.2) is 8.42 Å². The van der Waals surface area contributed by atoms with Crippen molar-refractivity contribution in [3.8, 4) is 0 Å². The maximum Gasteiger partial charge on any atom is 0.179 e. The first-order valence-corrected chi connectivity index (χ1v) is 6.30. The average molecular weight is 232 g/mol. The van der Waals surface area contributed by atoms with E-state index < -0.39 is 9.84 Å². The molecule has 0 aromatic heterocycles. The normalized spacial score (nSPS) is 23.4. The Morgan fingerprint density at radius 1 is 1.50 bits per heavy atom. The van der Waals surface area contributed by atoms with E-state index >= 15 is 0 Å². The van der Waals surface area contributed by atoms with Crippen LogP contribution in [0.5, 0.6) is 0 Å². The van der Waals surface area contributed by atoms with Gasteiger partial charge in [-0.2, -0.15) is 0 Å². The Bertz CT molecular complexity index is 470. The largest absolute Gasteiger partial charge is 0.330 e. The molecule has 1 heterocycles. The third kappa shape index (κ3) is 1.34. The van der Waals surface area contributed by atoms with Crippen molar-refractivity contribution in [2.24, 2.45) is 5.73 Å². The highest BCUT2D eigenvalue weighted by Crippen LogP contribution is 2.38. The zero-order valence-corrected chi connectivity index (χ0v) is 8.98. The second-order valence-electron chi connectivity index (χ2n) is 3.37. The minimum Gasteiger partial charge on any atom is -0.330 e. The highest BCUT2D eigenvalue weighted by Gasteiger charge is 2.35. The monoisotopic (exact) mass is 231 g/mol. The summed E-state index contributed by atoms with van der Waals surface area (Å²) in [6.07, 6.45) is 0. The maximum absolute atomic E-state index is 11.7. The molecule has 0 saturated carbocycles. The lowest BCUT2D eigenvalue weighted by molar-refractivity contribution is 0.597. The summed E-state index contributed by atoms with van der Waals surface area (Å²) in [5.74, 6) is -0.0635. The predicted octanol–water partition coefficient (Wildman–Crippen LogP) is 1.17. The summed E-state index contributed by atoms with van der Waals surface area (Å²) >= 11 is 5.95. The predicted molar refractivity (Wildman–Crippen MR) is 55.3 cm³/mol. The van der Waals surface area contributed by atoms with E-state index in [2.05, 4.69) is 0 Å². The molecular weight excluding hydrogens is 222 g/mol. The van der Waals surface area contributed by atoms with Gasteiger partial charge in [0.2, 0.25) is 0 Å². The van der Waals surface area contributed by atoms with Gasteiger partial charge in [0.1, 0.15) is 0 Å². The Balaban J connectivity index is 2.71. The van der Waals surface area contributed by atoms with Crippen molar-refractivity contribution in [1.82, 2.24) is 0 Å². The van der Waals surface area contributed by atoms with Gasteiger partial charge in [-0.3, -0.25) is 0 Å². The molecule has 14 heavy (non-hydrogen) atoms. The molecule has 5 heteroatoms. The van der Waals surface area contributed by atoms with E-state index in [9.17, 15) is 8.42 Å². The van der Waals surface area contributed by atoms with Crippen LogP contribution in [0.2, 0.25) is 5.02 Å². The van der Waals surface area contributed by atoms with Gasteiger partial charge in [-0.1, -0.05) is 17.7 Å². The highest BCUT2D eigenvalue weighted by molar-refractivity contribution is 7.91. The van der Waals surface area contributed by atoms with Crippen molar-refractivity contribution < 1.29 is 8.42 Å². The summed E-state index contributed by atoms with van der Waals surface area (Å²) in [6.45, 7) is 0.315. The van der Waals surface area contributed by atoms with Crippen molar-refractivity contribution in [2.75, 3.05) is 12.3 Å². The molecule has 1 atom stereocenters. The van der Waals surface area contributed by atoms with E-state index in [4.69, 9.17) is 17.3 Å². The van der Waals surface area contributed by atoms with Crippen LogP contribution in [0.15, 0.2) is 23.1 Å². The second kappa shape index (κ2) is 3.22. The number of nitrogens with two attached hydrogens (primary N) is 1. The molecule has 0 radical (unpaired) electrons. The lowest BCUT2D eigenvalue weighted by Crippen LogP contribution is -2.14. The van der Waals surface area contributed by atoms with Crippen LogP contribution in [0.3, 0.4) is 0 Å². The molecule has 2 rings (SSSR count). The lowest BCUT2D eigenvalue weighted by atomic mass is 10.0. The van der Waals surface area contributed by atoms with Gasteiger partial charge >= 0.3 is 0 Å². The fourth-order valence-electron chi connectivity index (χ4n) is 1.81. The zero-order chi connectivity index (χ0) is 10.3. The number of sulfone groups is 1. The summed E-state index contributed by atoms with van der Waals surface area (Å²) in [7, 11) is -3.15. The van der Waals surface area contributed by atoms with Crippen molar-refractivity contribution >= 4 is 21.4 Å². The van der Waals surface area contributed by atoms with Crippen LogP contribution in [0, 0.1) is 0 Å². The molecule has 0 spiro atoms.